The number of hydrogen-bond acceptors (Lipinski definition) is 4. The van der Waals surface area contributed by atoms with Gasteiger partial charge < -0.3 is 10.1 Å². The number of hydrogen-bond donors (Lipinski definition) is 2. The first kappa shape index (κ1) is 19.2. The van der Waals surface area contributed by atoms with Gasteiger partial charge >= 0.3 is 0 Å². The standard InChI is InChI=1S/C20H23N3O3/c1-3-26-18-12-8-7-11-17(18)21-19(24)13-15(2)22-23-20(25)14-16-9-5-4-6-10-16/h4-12H,3,13-14H2,1-2H3,(H,21,24)(H,23,25)/b22-15+. The Morgan fingerprint density at radius 2 is 1.69 bits per heavy atom. The molecule has 2 N–H and O–H groups in total. The lowest BCUT2D eigenvalue weighted by Gasteiger charge is -2.11. The van der Waals surface area contributed by atoms with Gasteiger partial charge in [0, 0.05) is 5.71 Å². The van der Waals surface area contributed by atoms with Gasteiger partial charge in [0.1, 0.15) is 5.75 Å². The second kappa shape index (κ2) is 9.98. The second-order valence-electron chi connectivity index (χ2n) is 5.70. The molecule has 0 bridgehead atoms. The Morgan fingerprint density at radius 1 is 1.00 bits per heavy atom. The molecule has 2 aromatic rings. The molecule has 0 spiro atoms. The molecule has 6 heteroatoms. The van der Waals surface area contributed by atoms with Gasteiger partial charge in [0.2, 0.25) is 11.8 Å². The van der Waals surface area contributed by atoms with E-state index in [0.717, 1.165) is 5.56 Å². The fraction of sp³-hybridized carbons (Fsp3) is 0.250. The summed E-state index contributed by atoms with van der Waals surface area (Å²) in [6.07, 6.45) is 0.317. The van der Waals surface area contributed by atoms with Gasteiger partial charge in [0.25, 0.3) is 0 Å². The highest BCUT2D eigenvalue weighted by Crippen LogP contribution is 2.23. The molecule has 0 aliphatic rings. The maximum Gasteiger partial charge on any atom is 0.244 e. The van der Waals surface area contributed by atoms with Crippen LogP contribution in [-0.2, 0) is 16.0 Å². The van der Waals surface area contributed by atoms with Crippen molar-refractivity contribution in [1.29, 1.82) is 0 Å². The van der Waals surface area contributed by atoms with Crippen molar-refractivity contribution in [2.24, 2.45) is 5.10 Å². The lowest BCUT2D eigenvalue weighted by atomic mass is 10.1. The molecule has 0 saturated carbocycles. The summed E-state index contributed by atoms with van der Waals surface area (Å²) in [6.45, 7) is 4.09. The van der Waals surface area contributed by atoms with Crippen LogP contribution in [0, 0.1) is 0 Å². The average Bonchev–Trinajstić information content (AvgIpc) is 2.63. The van der Waals surface area contributed by atoms with E-state index in [1.165, 1.54) is 0 Å². The van der Waals surface area contributed by atoms with E-state index in [-0.39, 0.29) is 24.7 Å². The summed E-state index contributed by atoms with van der Waals surface area (Å²) < 4.78 is 5.48. The summed E-state index contributed by atoms with van der Waals surface area (Å²) in [5.74, 6) is 0.169. The van der Waals surface area contributed by atoms with E-state index < -0.39 is 0 Å². The fourth-order valence-corrected chi connectivity index (χ4v) is 2.30. The maximum atomic E-state index is 12.2. The molecule has 26 heavy (non-hydrogen) atoms. The summed E-state index contributed by atoms with van der Waals surface area (Å²) >= 11 is 0. The summed E-state index contributed by atoms with van der Waals surface area (Å²) in [4.78, 5) is 24.0. The molecule has 6 nitrogen and oxygen atoms in total. The molecule has 0 aromatic heterocycles. The Labute approximate surface area is 153 Å². The highest BCUT2D eigenvalue weighted by molar-refractivity contribution is 6.06. The van der Waals surface area contributed by atoms with E-state index in [9.17, 15) is 9.59 Å². The first-order valence-electron chi connectivity index (χ1n) is 8.46. The van der Waals surface area contributed by atoms with Gasteiger partial charge in [-0.3, -0.25) is 9.59 Å². The Hall–Kier alpha value is -3.15. The second-order valence-corrected chi connectivity index (χ2v) is 5.70. The molecule has 0 heterocycles. The van der Waals surface area contributed by atoms with Gasteiger partial charge in [-0.05, 0) is 31.5 Å². The third kappa shape index (κ3) is 6.39. The van der Waals surface area contributed by atoms with Gasteiger partial charge in [0.15, 0.2) is 0 Å². The average molecular weight is 353 g/mol. The summed E-state index contributed by atoms with van der Waals surface area (Å²) in [5.41, 5.74) is 4.51. The van der Waals surface area contributed by atoms with Crippen LogP contribution in [0.1, 0.15) is 25.8 Å². The monoisotopic (exact) mass is 353 g/mol. The number of nitrogens with zero attached hydrogens (tertiary/aromatic N) is 1. The van der Waals surface area contributed by atoms with Crippen molar-refractivity contribution in [3.63, 3.8) is 0 Å². The molecule has 0 aliphatic heterocycles. The third-order valence-electron chi connectivity index (χ3n) is 3.46. The van der Waals surface area contributed by atoms with Crippen molar-refractivity contribution in [2.45, 2.75) is 26.7 Å². The zero-order valence-corrected chi connectivity index (χ0v) is 15.0. The highest BCUT2D eigenvalue weighted by Gasteiger charge is 2.09. The van der Waals surface area contributed by atoms with Gasteiger partial charge in [-0.2, -0.15) is 5.10 Å². The van der Waals surface area contributed by atoms with Gasteiger partial charge in [-0.25, -0.2) is 5.43 Å². The third-order valence-corrected chi connectivity index (χ3v) is 3.46. The van der Waals surface area contributed by atoms with E-state index in [1.807, 2.05) is 49.4 Å². The van der Waals surface area contributed by atoms with Crippen LogP contribution in [-0.4, -0.2) is 24.1 Å². The number of rotatable bonds is 8. The number of para-hydroxylation sites is 2. The Kier molecular flexibility index (Phi) is 7.36. The Morgan fingerprint density at radius 3 is 2.42 bits per heavy atom. The van der Waals surface area contributed by atoms with Crippen LogP contribution in [0.5, 0.6) is 5.75 Å². The highest BCUT2D eigenvalue weighted by atomic mass is 16.5. The van der Waals surface area contributed by atoms with Crippen molar-refractivity contribution in [1.82, 2.24) is 5.43 Å². The minimum absolute atomic E-state index is 0.0755. The van der Waals surface area contributed by atoms with Crippen LogP contribution in [0.25, 0.3) is 0 Å². The number of carbonyl (C=O) groups is 2. The SMILES string of the molecule is CCOc1ccccc1NC(=O)C/C(C)=N/NC(=O)Cc1ccccc1. The molecular weight excluding hydrogens is 330 g/mol. The van der Waals surface area contributed by atoms with E-state index in [0.29, 0.717) is 23.8 Å². The van der Waals surface area contributed by atoms with Crippen molar-refractivity contribution in [3.05, 3.63) is 60.2 Å². The van der Waals surface area contributed by atoms with Crippen LogP contribution < -0.4 is 15.5 Å². The molecular formula is C20H23N3O3. The lowest BCUT2D eigenvalue weighted by Crippen LogP contribution is -2.23. The van der Waals surface area contributed by atoms with Crippen LogP contribution >= 0.6 is 0 Å². The molecule has 0 saturated heterocycles. The largest absolute Gasteiger partial charge is 0.492 e. The first-order chi connectivity index (χ1) is 12.6. The predicted molar refractivity (Wildman–Crippen MR) is 102 cm³/mol. The smallest absolute Gasteiger partial charge is 0.244 e. The van der Waals surface area contributed by atoms with Gasteiger partial charge in [-0.1, -0.05) is 42.5 Å². The van der Waals surface area contributed by atoms with Gasteiger partial charge in [0.05, 0.1) is 25.1 Å². The molecule has 136 valence electrons. The number of benzene rings is 2. The van der Waals surface area contributed by atoms with Crippen LogP contribution in [0.3, 0.4) is 0 Å². The summed E-state index contributed by atoms with van der Waals surface area (Å²) in [7, 11) is 0. The number of ether oxygens (including phenoxy) is 1. The lowest BCUT2D eigenvalue weighted by molar-refractivity contribution is -0.120. The predicted octanol–water partition coefficient (Wildman–Crippen LogP) is 3.15. The molecule has 2 rings (SSSR count). The number of hydrazone groups is 1. The minimum atomic E-state index is -0.226. The molecule has 0 aliphatic carbocycles. The topological polar surface area (TPSA) is 79.8 Å². The molecule has 2 amide bonds. The maximum absolute atomic E-state index is 12.2. The van der Waals surface area contributed by atoms with E-state index in [1.54, 1.807) is 19.1 Å². The molecule has 0 atom stereocenters. The van der Waals surface area contributed by atoms with Crippen molar-refractivity contribution < 1.29 is 14.3 Å². The summed E-state index contributed by atoms with van der Waals surface area (Å²) in [5, 5.41) is 6.78. The minimum Gasteiger partial charge on any atom is -0.492 e. The van der Waals surface area contributed by atoms with Crippen LogP contribution in [0.4, 0.5) is 5.69 Å². The molecule has 0 unspecified atom stereocenters. The summed E-state index contributed by atoms with van der Waals surface area (Å²) in [6, 6.07) is 16.6. The van der Waals surface area contributed by atoms with E-state index in [2.05, 4.69) is 15.8 Å². The molecule has 2 aromatic carbocycles. The number of nitrogens with one attached hydrogen (secondary N) is 2. The zero-order valence-electron chi connectivity index (χ0n) is 15.0. The van der Waals surface area contributed by atoms with Gasteiger partial charge in [-0.15, -0.1) is 0 Å². The number of amides is 2. The number of carbonyl (C=O) groups excluding carboxylic acids is 2. The number of anilines is 1. The first-order valence-corrected chi connectivity index (χ1v) is 8.46. The Balaban J connectivity index is 1.84. The fourth-order valence-electron chi connectivity index (χ4n) is 2.30. The van der Waals surface area contributed by atoms with E-state index in [4.69, 9.17) is 4.74 Å². The van der Waals surface area contributed by atoms with Crippen LogP contribution in [0.15, 0.2) is 59.7 Å². The van der Waals surface area contributed by atoms with Crippen molar-refractivity contribution >= 4 is 23.2 Å². The zero-order chi connectivity index (χ0) is 18.8. The van der Waals surface area contributed by atoms with Crippen LogP contribution in [0.2, 0.25) is 0 Å². The van der Waals surface area contributed by atoms with Crippen molar-refractivity contribution in [2.75, 3.05) is 11.9 Å². The normalized spacial score (nSPS) is 10.9. The quantitative estimate of drug-likeness (QED) is 0.565. The molecule has 0 radical (unpaired) electrons. The Bertz CT molecular complexity index is 773. The molecule has 0 fully saturated rings. The van der Waals surface area contributed by atoms with E-state index >= 15 is 0 Å². The van der Waals surface area contributed by atoms with Crippen molar-refractivity contribution in [3.8, 4) is 5.75 Å².